The van der Waals surface area contributed by atoms with Crippen LogP contribution < -0.4 is 4.72 Å². The monoisotopic (exact) mass is 392 g/mol. The van der Waals surface area contributed by atoms with E-state index in [1.165, 1.54) is 17.0 Å². The van der Waals surface area contributed by atoms with Crippen molar-refractivity contribution in [3.63, 3.8) is 0 Å². The predicted octanol–water partition coefficient (Wildman–Crippen LogP) is 0.757. The maximum Gasteiger partial charge on any atom is 0.272 e. The highest BCUT2D eigenvalue weighted by atomic mass is 32.2. The summed E-state index contributed by atoms with van der Waals surface area (Å²) in [5, 5.41) is 0. The molecule has 3 rings (SSSR count). The number of thiol groups is 1. The Bertz CT molecular complexity index is 920. The van der Waals surface area contributed by atoms with E-state index in [0.717, 1.165) is 6.07 Å². The first-order valence-electron chi connectivity index (χ1n) is 8.16. The fourth-order valence-electron chi connectivity index (χ4n) is 2.78. The minimum Gasteiger partial charge on any atom is -0.335 e. The van der Waals surface area contributed by atoms with Crippen molar-refractivity contribution in [1.29, 1.82) is 0 Å². The molecule has 1 aromatic carbocycles. The topological polar surface area (TPSA) is 99.7 Å². The molecule has 0 saturated carbocycles. The van der Waals surface area contributed by atoms with Crippen LogP contribution in [0.15, 0.2) is 42.6 Å². The standard InChI is InChI=1S/C17H17FN4O4S/c18-13-11-12(4-5-14(13)20-27(25)26)16(23)21-7-9-22(10-8-21)17(24)15-3-1-2-6-19-15/h1-6,11,27H,7-10H2,(H,20,25,26). The molecule has 1 N–H and O–H groups in total. The summed E-state index contributed by atoms with van der Waals surface area (Å²) < 4.78 is 37.1. The fraction of sp³-hybridized carbons (Fsp3) is 0.235. The summed E-state index contributed by atoms with van der Waals surface area (Å²) in [5.74, 6) is -1.41. The summed E-state index contributed by atoms with van der Waals surface area (Å²) in [6.07, 6.45) is 1.54. The molecule has 0 unspecified atom stereocenters. The van der Waals surface area contributed by atoms with Crippen LogP contribution in [0.5, 0.6) is 0 Å². The maximum absolute atomic E-state index is 13.9. The number of amides is 2. The number of aromatic nitrogens is 1. The molecule has 0 radical (unpaired) electrons. The molecular formula is C17H17FN4O4S. The van der Waals surface area contributed by atoms with E-state index in [2.05, 4.69) is 4.98 Å². The Balaban J connectivity index is 1.63. The molecular weight excluding hydrogens is 375 g/mol. The van der Waals surface area contributed by atoms with Crippen LogP contribution >= 0.6 is 0 Å². The van der Waals surface area contributed by atoms with Gasteiger partial charge in [-0.1, -0.05) is 6.07 Å². The van der Waals surface area contributed by atoms with Gasteiger partial charge >= 0.3 is 0 Å². The van der Waals surface area contributed by atoms with E-state index >= 15 is 0 Å². The quantitative estimate of drug-likeness (QED) is 0.749. The summed E-state index contributed by atoms with van der Waals surface area (Å²) in [7, 11) is -2.99. The summed E-state index contributed by atoms with van der Waals surface area (Å²) in [6, 6.07) is 8.65. The lowest BCUT2D eigenvalue weighted by Gasteiger charge is -2.34. The zero-order chi connectivity index (χ0) is 19.4. The second kappa shape index (κ2) is 8.12. The minimum atomic E-state index is -2.99. The molecule has 2 aromatic rings. The summed E-state index contributed by atoms with van der Waals surface area (Å²) in [4.78, 5) is 32.1. The van der Waals surface area contributed by atoms with E-state index in [1.807, 2.05) is 4.72 Å². The van der Waals surface area contributed by atoms with Crippen LogP contribution in [0.4, 0.5) is 10.1 Å². The van der Waals surface area contributed by atoms with Gasteiger partial charge in [0.1, 0.15) is 11.5 Å². The Labute approximate surface area is 156 Å². The number of nitrogens with one attached hydrogen (secondary N) is 1. The van der Waals surface area contributed by atoms with Gasteiger partial charge in [-0.05, 0) is 30.3 Å². The van der Waals surface area contributed by atoms with Crippen molar-refractivity contribution in [3.05, 3.63) is 59.7 Å². The van der Waals surface area contributed by atoms with E-state index in [-0.39, 0.29) is 23.1 Å². The average molecular weight is 392 g/mol. The maximum atomic E-state index is 13.9. The van der Waals surface area contributed by atoms with E-state index < -0.39 is 16.7 Å². The fourth-order valence-corrected chi connectivity index (χ4v) is 3.16. The van der Waals surface area contributed by atoms with Gasteiger partial charge in [-0.2, -0.15) is 0 Å². The molecule has 0 spiro atoms. The normalized spacial score (nSPS) is 14.3. The van der Waals surface area contributed by atoms with Crippen molar-refractivity contribution in [2.45, 2.75) is 0 Å². The SMILES string of the molecule is O=C(c1ccc(N[SH](=O)=O)c(F)c1)N1CCN(C(=O)c2ccccn2)CC1. The zero-order valence-corrected chi connectivity index (χ0v) is 15.1. The smallest absolute Gasteiger partial charge is 0.272 e. The lowest BCUT2D eigenvalue weighted by Crippen LogP contribution is -2.50. The van der Waals surface area contributed by atoms with Crippen LogP contribution in [-0.2, 0) is 10.9 Å². The molecule has 1 fully saturated rings. The molecule has 10 heteroatoms. The number of hydrogen-bond acceptors (Lipinski definition) is 5. The number of hydrogen-bond donors (Lipinski definition) is 2. The highest BCUT2D eigenvalue weighted by Gasteiger charge is 2.26. The molecule has 142 valence electrons. The van der Waals surface area contributed by atoms with Gasteiger partial charge in [-0.3, -0.25) is 19.3 Å². The Hall–Kier alpha value is -3.01. The Morgan fingerprint density at radius 2 is 1.67 bits per heavy atom. The molecule has 0 bridgehead atoms. The number of halogens is 1. The molecule has 1 aliphatic rings. The molecule has 8 nitrogen and oxygen atoms in total. The highest BCUT2D eigenvalue weighted by molar-refractivity contribution is 7.73. The molecule has 0 aliphatic carbocycles. The minimum absolute atomic E-state index is 0.115. The van der Waals surface area contributed by atoms with Crippen LogP contribution in [0.3, 0.4) is 0 Å². The van der Waals surface area contributed by atoms with Gasteiger partial charge in [0.05, 0.1) is 5.69 Å². The first-order valence-corrected chi connectivity index (χ1v) is 9.33. The van der Waals surface area contributed by atoms with Crippen molar-refractivity contribution in [2.24, 2.45) is 0 Å². The van der Waals surface area contributed by atoms with Crippen LogP contribution in [0.25, 0.3) is 0 Å². The third-order valence-corrected chi connectivity index (χ3v) is 4.59. The predicted molar refractivity (Wildman–Crippen MR) is 96.4 cm³/mol. The largest absolute Gasteiger partial charge is 0.335 e. The Morgan fingerprint density at radius 3 is 2.22 bits per heavy atom. The van der Waals surface area contributed by atoms with Crippen molar-refractivity contribution in [3.8, 4) is 0 Å². The second-order valence-corrected chi connectivity index (χ2v) is 6.60. The summed E-state index contributed by atoms with van der Waals surface area (Å²) in [6.45, 7) is 1.32. The lowest BCUT2D eigenvalue weighted by atomic mass is 10.1. The number of pyridine rings is 1. The van der Waals surface area contributed by atoms with Gasteiger partial charge < -0.3 is 9.80 Å². The first kappa shape index (κ1) is 18.8. The first-order chi connectivity index (χ1) is 13.0. The van der Waals surface area contributed by atoms with Crippen molar-refractivity contribution >= 4 is 28.4 Å². The molecule has 1 saturated heterocycles. The van der Waals surface area contributed by atoms with E-state index in [4.69, 9.17) is 0 Å². The molecule has 0 atom stereocenters. The molecule has 2 amide bonds. The molecule has 1 aromatic heterocycles. The molecule has 1 aliphatic heterocycles. The number of anilines is 1. The number of rotatable bonds is 4. The number of carbonyl (C=O) groups excluding carboxylic acids is 2. The number of nitrogens with zero attached hydrogens (tertiary/aromatic N) is 3. The number of carbonyl (C=O) groups is 2. The van der Waals surface area contributed by atoms with Gasteiger partial charge in [0.25, 0.3) is 11.8 Å². The van der Waals surface area contributed by atoms with Crippen LogP contribution in [0, 0.1) is 5.82 Å². The van der Waals surface area contributed by atoms with E-state index in [0.29, 0.717) is 31.9 Å². The van der Waals surface area contributed by atoms with Gasteiger partial charge in [0.15, 0.2) is 0 Å². The Kier molecular flexibility index (Phi) is 5.65. The third-order valence-electron chi connectivity index (χ3n) is 4.17. The highest BCUT2D eigenvalue weighted by Crippen LogP contribution is 2.18. The van der Waals surface area contributed by atoms with Crippen LogP contribution in [0.1, 0.15) is 20.8 Å². The van der Waals surface area contributed by atoms with Gasteiger partial charge in [-0.25, -0.2) is 12.8 Å². The molecule has 2 heterocycles. The second-order valence-electron chi connectivity index (χ2n) is 5.86. The molecule has 27 heavy (non-hydrogen) atoms. The summed E-state index contributed by atoms with van der Waals surface area (Å²) >= 11 is 0. The van der Waals surface area contributed by atoms with Gasteiger partial charge in [0.2, 0.25) is 10.9 Å². The van der Waals surface area contributed by atoms with Gasteiger partial charge in [0, 0.05) is 37.9 Å². The number of piperazine rings is 1. The van der Waals surface area contributed by atoms with Gasteiger partial charge in [-0.15, -0.1) is 0 Å². The number of benzene rings is 1. The van der Waals surface area contributed by atoms with Crippen molar-refractivity contribution in [1.82, 2.24) is 14.8 Å². The lowest BCUT2D eigenvalue weighted by molar-refractivity contribution is 0.0532. The van der Waals surface area contributed by atoms with Crippen LogP contribution in [-0.4, -0.2) is 61.2 Å². The summed E-state index contributed by atoms with van der Waals surface area (Å²) in [5.41, 5.74) is 0.247. The zero-order valence-electron chi connectivity index (χ0n) is 14.2. The van der Waals surface area contributed by atoms with Crippen molar-refractivity contribution in [2.75, 3.05) is 30.9 Å². The Morgan fingerprint density at radius 1 is 1.00 bits per heavy atom. The average Bonchev–Trinajstić information content (AvgIpc) is 2.69. The van der Waals surface area contributed by atoms with Crippen molar-refractivity contribution < 1.29 is 22.4 Å². The van der Waals surface area contributed by atoms with E-state index in [9.17, 15) is 22.4 Å². The van der Waals surface area contributed by atoms with Crippen LogP contribution in [0.2, 0.25) is 0 Å². The van der Waals surface area contributed by atoms with E-state index in [1.54, 1.807) is 29.3 Å². The third kappa shape index (κ3) is 4.40.